The van der Waals surface area contributed by atoms with Crippen molar-refractivity contribution >= 4 is 17.4 Å². The maximum absolute atomic E-state index is 13.4. The first-order chi connectivity index (χ1) is 17.5. The van der Waals surface area contributed by atoms with Gasteiger partial charge in [0.05, 0.1) is 18.7 Å². The van der Waals surface area contributed by atoms with Crippen molar-refractivity contribution in [2.75, 3.05) is 38.2 Å². The molecule has 6 nitrogen and oxygen atoms in total. The number of Topliss-reactive ketones (excluding diaryl/α,β-unsaturated/α-hetero) is 1. The van der Waals surface area contributed by atoms with Gasteiger partial charge in [-0.25, -0.2) is 4.39 Å². The van der Waals surface area contributed by atoms with E-state index < -0.39 is 0 Å². The molecule has 1 aliphatic heterocycles. The Balaban J connectivity index is 1.41. The van der Waals surface area contributed by atoms with Gasteiger partial charge in [0, 0.05) is 35.8 Å². The van der Waals surface area contributed by atoms with Crippen molar-refractivity contribution in [1.82, 2.24) is 4.90 Å². The zero-order chi connectivity index (χ0) is 25.5. The van der Waals surface area contributed by atoms with E-state index in [1.165, 1.54) is 12.1 Å². The summed E-state index contributed by atoms with van der Waals surface area (Å²) in [6, 6.07) is 21.8. The van der Waals surface area contributed by atoms with Crippen molar-refractivity contribution in [1.29, 1.82) is 5.26 Å². The molecule has 1 amide bonds. The lowest BCUT2D eigenvalue weighted by atomic mass is 9.89. The molecule has 7 heteroatoms. The van der Waals surface area contributed by atoms with Crippen LogP contribution in [0.2, 0.25) is 0 Å². The zero-order valence-electron chi connectivity index (χ0n) is 20.2. The number of rotatable bonds is 8. The standard InChI is InChI=1S/C29H28FN3O3/c1-36-27-12-10-26(11-13-27)33(29(35)24-4-2-21(20-31)3-5-24)19-18-32-16-14-23(15-17-32)28(34)22-6-8-25(30)9-7-22/h2-13,23H,14-19H2,1H3. The Hall–Kier alpha value is -4.02. The second-order valence-corrected chi connectivity index (χ2v) is 8.83. The first-order valence-electron chi connectivity index (χ1n) is 12.0. The van der Waals surface area contributed by atoms with Crippen LogP contribution >= 0.6 is 0 Å². The van der Waals surface area contributed by atoms with Gasteiger partial charge >= 0.3 is 0 Å². The van der Waals surface area contributed by atoms with E-state index in [-0.39, 0.29) is 23.4 Å². The Morgan fingerprint density at radius 1 is 0.972 bits per heavy atom. The predicted octanol–water partition coefficient (Wildman–Crippen LogP) is 4.95. The molecule has 0 bridgehead atoms. The number of benzene rings is 3. The maximum atomic E-state index is 13.4. The third-order valence-corrected chi connectivity index (χ3v) is 6.62. The summed E-state index contributed by atoms with van der Waals surface area (Å²) in [6.45, 7) is 2.63. The number of methoxy groups -OCH3 is 1. The average Bonchev–Trinajstić information content (AvgIpc) is 2.94. The lowest BCUT2D eigenvalue weighted by molar-refractivity contribution is 0.0841. The summed E-state index contributed by atoms with van der Waals surface area (Å²) in [6.07, 6.45) is 1.45. The van der Waals surface area contributed by atoms with Gasteiger partial charge in [-0.15, -0.1) is 0 Å². The quantitative estimate of drug-likeness (QED) is 0.422. The number of ether oxygens (including phenoxy) is 1. The van der Waals surface area contributed by atoms with Gasteiger partial charge in [-0.3, -0.25) is 9.59 Å². The van der Waals surface area contributed by atoms with Crippen LogP contribution in [0.4, 0.5) is 10.1 Å². The minimum absolute atomic E-state index is 0.0607. The summed E-state index contributed by atoms with van der Waals surface area (Å²) in [4.78, 5) is 30.2. The lowest BCUT2D eigenvalue weighted by Crippen LogP contribution is -2.42. The van der Waals surface area contributed by atoms with E-state index in [9.17, 15) is 14.0 Å². The fourth-order valence-electron chi connectivity index (χ4n) is 4.46. The summed E-state index contributed by atoms with van der Waals surface area (Å²) < 4.78 is 18.4. The molecular weight excluding hydrogens is 457 g/mol. The number of amides is 1. The van der Waals surface area contributed by atoms with E-state index in [0.717, 1.165) is 31.6 Å². The highest BCUT2D eigenvalue weighted by Crippen LogP contribution is 2.24. The minimum Gasteiger partial charge on any atom is -0.497 e. The molecule has 0 spiro atoms. The van der Waals surface area contributed by atoms with Gasteiger partial charge in [0.25, 0.3) is 5.91 Å². The van der Waals surface area contributed by atoms with Crippen LogP contribution in [0.15, 0.2) is 72.8 Å². The van der Waals surface area contributed by atoms with E-state index in [1.807, 2.05) is 24.3 Å². The number of likely N-dealkylation sites (tertiary alicyclic amines) is 1. The molecule has 3 aromatic carbocycles. The molecule has 0 saturated carbocycles. The molecular formula is C29H28FN3O3. The lowest BCUT2D eigenvalue weighted by Gasteiger charge is -2.33. The molecule has 3 aromatic rings. The molecule has 0 aliphatic carbocycles. The second-order valence-electron chi connectivity index (χ2n) is 8.83. The minimum atomic E-state index is -0.349. The van der Waals surface area contributed by atoms with Crippen LogP contribution in [-0.4, -0.2) is 49.9 Å². The number of halogens is 1. The molecule has 4 rings (SSSR count). The van der Waals surface area contributed by atoms with Crippen LogP contribution in [0.25, 0.3) is 0 Å². The van der Waals surface area contributed by atoms with E-state index in [0.29, 0.717) is 35.5 Å². The SMILES string of the molecule is COc1ccc(N(CCN2CCC(C(=O)c3ccc(F)cc3)CC2)C(=O)c2ccc(C#N)cc2)cc1. The van der Waals surface area contributed by atoms with Gasteiger partial charge in [-0.1, -0.05) is 0 Å². The molecule has 0 atom stereocenters. The monoisotopic (exact) mass is 485 g/mol. The number of hydrogen-bond acceptors (Lipinski definition) is 5. The highest BCUT2D eigenvalue weighted by Gasteiger charge is 2.27. The molecule has 1 aliphatic rings. The van der Waals surface area contributed by atoms with Crippen molar-refractivity contribution in [3.05, 3.63) is 95.3 Å². The molecule has 36 heavy (non-hydrogen) atoms. The summed E-state index contributed by atoms with van der Waals surface area (Å²) in [5.74, 6) is 0.192. The number of ketones is 1. The summed E-state index contributed by atoms with van der Waals surface area (Å²) in [5, 5.41) is 9.06. The van der Waals surface area contributed by atoms with Gasteiger partial charge in [0.2, 0.25) is 0 Å². The van der Waals surface area contributed by atoms with Crippen molar-refractivity contribution < 1.29 is 18.7 Å². The molecule has 184 valence electrons. The Kier molecular flexibility index (Phi) is 8.09. The topological polar surface area (TPSA) is 73.6 Å². The normalized spacial score (nSPS) is 14.1. The van der Waals surface area contributed by atoms with Crippen molar-refractivity contribution in [3.63, 3.8) is 0 Å². The summed E-state index contributed by atoms with van der Waals surface area (Å²) in [7, 11) is 1.60. The number of carbonyl (C=O) groups excluding carboxylic acids is 2. The number of nitrogens with zero attached hydrogens (tertiary/aromatic N) is 3. The van der Waals surface area contributed by atoms with Gasteiger partial charge in [0.1, 0.15) is 11.6 Å². The van der Waals surface area contributed by atoms with Crippen molar-refractivity contribution in [3.8, 4) is 11.8 Å². The Morgan fingerprint density at radius 2 is 1.58 bits per heavy atom. The molecule has 1 saturated heterocycles. The maximum Gasteiger partial charge on any atom is 0.258 e. The van der Waals surface area contributed by atoms with Crippen LogP contribution in [0.5, 0.6) is 5.75 Å². The van der Waals surface area contributed by atoms with Crippen LogP contribution in [0.1, 0.15) is 39.1 Å². The van der Waals surface area contributed by atoms with E-state index in [1.54, 1.807) is 48.4 Å². The summed E-state index contributed by atoms with van der Waals surface area (Å²) >= 11 is 0. The zero-order valence-corrected chi connectivity index (χ0v) is 20.2. The van der Waals surface area contributed by atoms with E-state index in [4.69, 9.17) is 10.00 Å². The fourth-order valence-corrected chi connectivity index (χ4v) is 4.46. The fraction of sp³-hybridized carbons (Fsp3) is 0.276. The van der Waals surface area contributed by atoms with Crippen molar-refractivity contribution in [2.45, 2.75) is 12.8 Å². The average molecular weight is 486 g/mol. The van der Waals surface area contributed by atoms with E-state index in [2.05, 4.69) is 11.0 Å². The first kappa shape index (κ1) is 25.1. The second kappa shape index (κ2) is 11.6. The number of carbonyl (C=O) groups is 2. The third kappa shape index (κ3) is 5.96. The van der Waals surface area contributed by atoms with Crippen LogP contribution < -0.4 is 9.64 Å². The van der Waals surface area contributed by atoms with Gasteiger partial charge in [0.15, 0.2) is 5.78 Å². The number of hydrogen-bond donors (Lipinski definition) is 0. The Bertz CT molecular complexity index is 1230. The molecule has 1 heterocycles. The van der Waals surface area contributed by atoms with Gasteiger partial charge in [-0.05, 0) is 98.7 Å². The molecule has 0 radical (unpaired) electrons. The molecule has 0 unspecified atom stereocenters. The predicted molar refractivity (Wildman–Crippen MR) is 136 cm³/mol. The Labute approximate surface area is 210 Å². The molecule has 0 aromatic heterocycles. The number of piperidine rings is 1. The Morgan fingerprint density at radius 3 is 2.17 bits per heavy atom. The van der Waals surface area contributed by atoms with Gasteiger partial charge in [-0.2, -0.15) is 5.26 Å². The van der Waals surface area contributed by atoms with Crippen LogP contribution in [-0.2, 0) is 0 Å². The summed E-state index contributed by atoms with van der Waals surface area (Å²) in [5.41, 5.74) is 2.31. The highest BCUT2D eigenvalue weighted by atomic mass is 19.1. The third-order valence-electron chi connectivity index (χ3n) is 6.62. The molecule has 0 N–H and O–H groups in total. The largest absolute Gasteiger partial charge is 0.497 e. The van der Waals surface area contributed by atoms with Gasteiger partial charge < -0.3 is 14.5 Å². The van der Waals surface area contributed by atoms with Crippen LogP contribution in [0, 0.1) is 23.1 Å². The number of nitriles is 1. The number of anilines is 1. The van der Waals surface area contributed by atoms with Crippen molar-refractivity contribution in [2.24, 2.45) is 5.92 Å². The highest BCUT2D eigenvalue weighted by molar-refractivity contribution is 6.06. The van der Waals surface area contributed by atoms with E-state index >= 15 is 0 Å². The van der Waals surface area contributed by atoms with Crippen LogP contribution in [0.3, 0.4) is 0 Å². The molecule has 1 fully saturated rings. The first-order valence-corrected chi connectivity index (χ1v) is 12.0. The smallest absolute Gasteiger partial charge is 0.258 e.